The van der Waals surface area contributed by atoms with Crippen LogP contribution in [0, 0.1) is 5.92 Å². The number of nitrogens with zero attached hydrogens (tertiary/aromatic N) is 1. The van der Waals surface area contributed by atoms with E-state index in [0.717, 1.165) is 24.4 Å². The van der Waals surface area contributed by atoms with E-state index in [9.17, 15) is 9.59 Å². The molecule has 1 aliphatic heterocycles. The average molecular weight is 309 g/mol. The Labute approximate surface area is 129 Å². The quantitative estimate of drug-likeness (QED) is 0.893. The lowest BCUT2D eigenvalue weighted by Gasteiger charge is -2.27. The van der Waals surface area contributed by atoms with Crippen LogP contribution in [0.4, 0.5) is 5.00 Å². The van der Waals surface area contributed by atoms with Crippen LogP contribution < -0.4 is 10.6 Å². The van der Waals surface area contributed by atoms with Gasteiger partial charge >= 0.3 is 0 Å². The zero-order valence-corrected chi connectivity index (χ0v) is 13.7. The maximum Gasteiger partial charge on any atom is 0.256 e. The zero-order valence-electron chi connectivity index (χ0n) is 12.9. The second kappa shape index (κ2) is 7.04. The van der Waals surface area contributed by atoms with E-state index in [1.807, 2.05) is 24.8 Å². The largest absolute Gasteiger partial charge is 0.336 e. The van der Waals surface area contributed by atoms with Gasteiger partial charge in [-0.1, -0.05) is 20.8 Å². The van der Waals surface area contributed by atoms with Crippen molar-refractivity contribution in [3.63, 3.8) is 0 Å². The molecule has 21 heavy (non-hydrogen) atoms. The van der Waals surface area contributed by atoms with Gasteiger partial charge in [0.05, 0.1) is 5.56 Å². The summed E-state index contributed by atoms with van der Waals surface area (Å²) in [6.45, 7) is 8.83. The number of anilines is 1. The highest BCUT2D eigenvalue weighted by atomic mass is 32.1. The number of nitrogens with one attached hydrogen (secondary N) is 2. The first-order valence-electron chi connectivity index (χ1n) is 7.46. The summed E-state index contributed by atoms with van der Waals surface area (Å²) in [4.78, 5) is 27.5. The van der Waals surface area contributed by atoms with Crippen molar-refractivity contribution >= 4 is 28.2 Å². The number of thiophene rings is 1. The first-order valence-corrected chi connectivity index (χ1v) is 8.28. The molecule has 0 spiro atoms. The van der Waals surface area contributed by atoms with Crippen molar-refractivity contribution in [3.8, 4) is 0 Å². The monoisotopic (exact) mass is 309 g/mol. The van der Waals surface area contributed by atoms with Crippen molar-refractivity contribution in [2.75, 3.05) is 31.5 Å². The Balaban J connectivity index is 2.22. The van der Waals surface area contributed by atoms with E-state index in [1.165, 1.54) is 11.3 Å². The molecule has 5 nitrogen and oxygen atoms in total. The Bertz CT molecular complexity index is 519. The number of carbonyl (C=O) groups excluding carboxylic acids is 2. The van der Waals surface area contributed by atoms with Crippen LogP contribution in [-0.4, -0.2) is 42.9 Å². The van der Waals surface area contributed by atoms with Crippen LogP contribution in [0.25, 0.3) is 0 Å². The molecule has 1 aromatic rings. The fourth-order valence-electron chi connectivity index (χ4n) is 2.16. The maximum atomic E-state index is 12.7. The molecule has 2 rings (SSSR count). The summed E-state index contributed by atoms with van der Waals surface area (Å²) in [5.74, 6) is -0.125. The van der Waals surface area contributed by atoms with Gasteiger partial charge in [0, 0.05) is 37.0 Å². The molecule has 0 aliphatic carbocycles. The molecular formula is C15H23N3O2S. The second-order valence-electron chi connectivity index (χ2n) is 5.50. The number of hydrogen-bond acceptors (Lipinski definition) is 4. The Morgan fingerprint density at radius 1 is 1.38 bits per heavy atom. The van der Waals surface area contributed by atoms with Gasteiger partial charge in [-0.3, -0.25) is 9.59 Å². The predicted molar refractivity (Wildman–Crippen MR) is 85.9 cm³/mol. The molecule has 0 bridgehead atoms. The Kier molecular flexibility index (Phi) is 5.36. The van der Waals surface area contributed by atoms with Crippen LogP contribution in [0.5, 0.6) is 0 Å². The lowest BCUT2D eigenvalue weighted by molar-refractivity contribution is -0.118. The summed E-state index contributed by atoms with van der Waals surface area (Å²) < 4.78 is 0. The predicted octanol–water partition coefficient (Wildman–Crippen LogP) is 1.95. The molecule has 0 saturated carbocycles. The van der Waals surface area contributed by atoms with Crippen LogP contribution >= 0.6 is 11.3 Å². The molecule has 2 N–H and O–H groups in total. The van der Waals surface area contributed by atoms with E-state index in [0.29, 0.717) is 23.7 Å². The standard InChI is InChI=1S/C15H23N3O2S/c1-4-11-9-12(14(21-11)17-13(19)10(2)3)15(20)18-7-5-16-6-8-18/h9-10,16H,4-8H2,1-3H3,(H,17,19). The summed E-state index contributed by atoms with van der Waals surface area (Å²) in [5, 5.41) is 6.83. The van der Waals surface area contributed by atoms with Gasteiger partial charge in [-0.15, -0.1) is 11.3 Å². The number of amides is 2. The van der Waals surface area contributed by atoms with E-state index in [2.05, 4.69) is 17.6 Å². The van der Waals surface area contributed by atoms with Crippen LogP contribution in [0.1, 0.15) is 36.0 Å². The Hall–Kier alpha value is -1.40. The zero-order chi connectivity index (χ0) is 15.4. The van der Waals surface area contributed by atoms with Crippen molar-refractivity contribution in [3.05, 3.63) is 16.5 Å². The molecule has 116 valence electrons. The van der Waals surface area contributed by atoms with Gasteiger partial charge in [0.1, 0.15) is 5.00 Å². The van der Waals surface area contributed by atoms with Gasteiger partial charge in [-0.05, 0) is 12.5 Å². The molecule has 0 radical (unpaired) electrons. The fraction of sp³-hybridized carbons (Fsp3) is 0.600. The third-order valence-corrected chi connectivity index (χ3v) is 4.72. The number of piperazine rings is 1. The molecule has 2 heterocycles. The van der Waals surface area contributed by atoms with Gasteiger partial charge in [0.2, 0.25) is 5.91 Å². The maximum absolute atomic E-state index is 12.7. The van der Waals surface area contributed by atoms with Gasteiger partial charge in [-0.2, -0.15) is 0 Å². The molecule has 0 aromatic carbocycles. The van der Waals surface area contributed by atoms with Crippen molar-refractivity contribution in [1.82, 2.24) is 10.2 Å². The fourth-order valence-corrected chi connectivity index (χ4v) is 3.15. The highest BCUT2D eigenvalue weighted by molar-refractivity contribution is 7.16. The lowest BCUT2D eigenvalue weighted by Crippen LogP contribution is -2.46. The average Bonchev–Trinajstić information content (AvgIpc) is 2.90. The van der Waals surface area contributed by atoms with Crippen LogP contribution in [0.15, 0.2) is 6.07 Å². The van der Waals surface area contributed by atoms with E-state index < -0.39 is 0 Å². The van der Waals surface area contributed by atoms with Gasteiger partial charge in [0.25, 0.3) is 5.91 Å². The summed E-state index contributed by atoms with van der Waals surface area (Å²) in [6, 6.07) is 1.92. The van der Waals surface area contributed by atoms with Crippen molar-refractivity contribution in [2.45, 2.75) is 27.2 Å². The first-order chi connectivity index (χ1) is 10.0. The van der Waals surface area contributed by atoms with Gasteiger partial charge < -0.3 is 15.5 Å². The topological polar surface area (TPSA) is 61.4 Å². The van der Waals surface area contributed by atoms with Gasteiger partial charge in [-0.25, -0.2) is 0 Å². The summed E-state index contributed by atoms with van der Waals surface area (Å²) in [5.41, 5.74) is 0.632. The minimum Gasteiger partial charge on any atom is -0.336 e. The molecule has 1 aromatic heterocycles. The highest BCUT2D eigenvalue weighted by Crippen LogP contribution is 2.30. The normalized spacial score (nSPS) is 15.3. The number of aryl methyl sites for hydroxylation is 1. The van der Waals surface area contributed by atoms with E-state index >= 15 is 0 Å². The van der Waals surface area contributed by atoms with Crippen LogP contribution in [-0.2, 0) is 11.2 Å². The number of rotatable bonds is 4. The third-order valence-electron chi connectivity index (χ3n) is 3.53. The smallest absolute Gasteiger partial charge is 0.256 e. The number of hydrogen-bond donors (Lipinski definition) is 2. The summed E-state index contributed by atoms with van der Waals surface area (Å²) in [6.07, 6.45) is 0.865. The van der Waals surface area contributed by atoms with E-state index in [1.54, 1.807) is 0 Å². The molecule has 1 fully saturated rings. The minimum atomic E-state index is -0.0979. The molecular weight excluding hydrogens is 286 g/mol. The van der Waals surface area contributed by atoms with E-state index in [-0.39, 0.29) is 17.7 Å². The minimum absolute atomic E-state index is 0.0199. The Morgan fingerprint density at radius 2 is 2.05 bits per heavy atom. The first kappa shape index (κ1) is 16.0. The number of carbonyl (C=O) groups is 2. The van der Waals surface area contributed by atoms with Crippen molar-refractivity contribution in [1.29, 1.82) is 0 Å². The molecule has 1 saturated heterocycles. The molecule has 0 unspecified atom stereocenters. The molecule has 0 atom stereocenters. The molecule has 2 amide bonds. The third kappa shape index (κ3) is 3.83. The lowest BCUT2D eigenvalue weighted by atomic mass is 10.2. The van der Waals surface area contributed by atoms with Gasteiger partial charge in [0.15, 0.2) is 0 Å². The molecule has 6 heteroatoms. The van der Waals surface area contributed by atoms with Crippen molar-refractivity contribution in [2.24, 2.45) is 5.92 Å². The molecule has 1 aliphatic rings. The van der Waals surface area contributed by atoms with Crippen molar-refractivity contribution < 1.29 is 9.59 Å². The SMILES string of the molecule is CCc1cc(C(=O)N2CCNCC2)c(NC(=O)C(C)C)s1. The van der Waals surface area contributed by atoms with Crippen LogP contribution in [0.2, 0.25) is 0 Å². The Morgan fingerprint density at radius 3 is 2.62 bits per heavy atom. The van der Waals surface area contributed by atoms with E-state index in [4.69, 9.17) is 0 Å². The second-order valence-corrected chi connectivity index (χ2v) is 6.63. The summed E-state index contributed by atoms with van der Waals surface area (Å²) in [7, 11) is 0. The highest BCUT2D eigenvalue weighted by Gasteiger charge is 2.24. The van der Waals surface area contributed by atoms with Crippen LogP contribution in [0.3, 0.4) is 0 Å². The summed E-state index contributed by atoms with van der Waals surface area (Å²) >= 11 is 1.50.